The lowest BCUT2D eigenvalue weighted by Crippen LogP contribution is -2.16. The second-order valence-corrected chi connectivity index (χ2v) is 7.88. The van der Waals surface area contributed by atoms with Gasteiger partial charge in [-0.2, -0.15) is 18.3 Å². The van der Waals surface area contributed by atoms with Crippen molar-refractivity contribution in [3.63, 3.8) is 0 Å². The zero-order valence-corrected chi connectivity index (χ0v) is 17.0. The number of halogens is 4. The SMILES string of the molecule is O=C(O)c1nn(-c2nccc(C(F)(F)F)n2)c2c1CCCCC2Cc1cccc(Cl)c1. The Balaban J connectivity index is 1.86. The topological polar surface area (TPSA) is 80.9 Å². The molecule has 10 heteroatoms. The Bertz CT molecular complexity index is 1130. The lowest BCUT2D eigenvalue weighted by Gasteiger charge is -2.18. The number of carbonyl (C=O) groups is 1. The number of carboxylic acid groups (broad SMARTS) is 1. The molecule has 3 aromatic rings. The monoisotopic (exact) mass is 450 g/mol. The molecule has 0 spiro atoms. The molecule has 1 aromatic carbocycles. The summed E-state index contributed by atoms with van der Waals surface area (Å²) in [5, 5.41) is 14.4. The van der Waals surface area contributed by atoms with Gasteiger partial charge in [-0.25, -0.2) is 19.4 Å². The van der Waals surface area contributed by atoms with Gasteiger partial charge in [-0.15, -0.1) is 0 Å². The van der Waals surface area contributed by atoms with E-state index in [1.54, 1.807) is 6.07 Å². The molecule has 0 saturated heterocycles. The van der Waals surface area contributed by atoms with Crippen LogP contribution in [0.15, 0.2) is 36.5 Å². The number of benzene rings is 1. The molecule has 6 nitrogen and oxygen atoms in total. The van der Waals surface area contributed by atoms with Crippen LogP contribution in [0.1, 0.15) is 58.2 Å². The lowest BCUT2D eigenvalue weighted by molar-refractivity contribution is -0.141. The van der Waals surface area contributed by atoms with Gasteiger partial charge in [-0.05, 0) is 49.4 Å². The lowest BCUT2D eigenvalue weighted by atomic mass is 9.91. The molecule has 1 aliphatic carbocycles. The van der Waals surface area contributed by atoms with Gasteiger partial charge in [0.25, 0.3) is 5.95 Å². The minimum absolute atomic E-state index is 0.172. The van der Waals surface area contributed by atoms with E-state index in [2.05, 4.69) is 15.1 Å². The summed E-state index contributed by atoms with van der Waals surface area (Å²) in [6, 6.07) is 8.09. The van der Waals surface area contributed by atoms with Crippen LogP contribution in [0.4, 0.5) is 13.2 Å². The third-order valence-corrected chi connectivity index (χ3v) is 5.57. The number of hydrogen-bond donors (Lipinski definition) is 1. The van der Waals surface area contributed by atoms with Gasteiger partial charge in [0.2, 0.25) is 0 Å². The van der Waals surface area contributed by atoms with E-state index in [1.165, 1.54) is 4.68 Å². The zero-order valence-electron chi connectivity index (χ0n) is 16.2. The number of rotatable bonds is 4. The quantitative estimate of drug-likeness (QED) is 0.560. The molecule has 1 atom stereocenters. The first-order chi connectivity index (χ1) is 14.7. The summed E-state index contributed by atoms with van der Waals surface area (Å²) in [6.07, 6.45) is -0.306. The Kier molecular flexibility index (Phi) is 5.70. The molecular weight excluding hydrogens is 433 g/mol. The molecule has 0 saturated carbocycles. The fourth-order valence-corrected chi connectivity index (χ4v) is 4.25. The zero-order chi connectivity index (χ0) is 22.2. The van der Waals surface area contributed by atoms with Gasteiger partial charge in [0.15, 0.2) is 5.69 Å². The van der Waals surface area contributed by atoms with Crippen molar-refractivity contribution in [2.24, 2.45) is 0 Å². The van der Waals surface area contributed by atoms with Crippen molar-refractivity contribution in [1.82, 2.24) is 19.7 Å². The Morgan fingerprint density at radius 1 is 1.26 bits per heavy atom. The fraction of sp³-hybridized carbons (Fsp3) is 0.333. The Morgan fingerprint density at radius 2 is 2.06 bits per heavy atom. The Labute approximate surface area is 180 Å². The highest BCUT2D eigenvalue weighted by Crippen LogP contribution is 2.36. The Hall–Kier alpha value is -2.94. The number of aromatic nitrogens is 4. The van der Waals surface area contributed by atoms with Crippen LogP contribution >= 0.6 is 11.6 Å². The van der Waals surface area contributed by atoms with Gasteiger partial charge in [-0.3, -0.25) is 0 Å². The number of hydrogen-bond acceptors (Lipinski definition) is 4. The van der Waals surface area contributed by atoms with Gasteiger partial charge in [0.05, 0.1) is 5.69 Å². The van der Waals surface area contributed by atoms with Gasteiger partial charge in [0, 0.05) is 22.7 Å². The van der Waals surface area contributed by atoms with Crippen LogP contribution in [0, 0.1) is 0 Å². The van der Waals surface area contributed by atoms with Crippen LogP contribution < -0.4 is 0 Å². The van der Waals surface area contributed by atoms with E-state index in [0.29, 0.717) is 29.1 Å². The van der Waals surface area contributed by atoms with E-state index in [1.807, 2.05) is 18.2 Å². The second kappa shape index (κ2) is 8.30. The molecule has 0 bridgehead atoms. The van der Waals surface area contributed by atoms with Crippen LogP contribution in [0.2, 0.25) is 5.02 Å². The highest BCUT2D eigenvalue weighted by molar-refractivity contribution is 6.30. The third-order valence-electron chi connectivity index (χ3n) is 5.34. The highest BCUT2D eigenvalue weighted by Gasteiger charge is 2.35. The summed E-state index contributed by atoms with van der Waals surface area (Å²) in [5.41, 5.74) is 0.736. The predicted octanol–water partition coefficient (Wildman–Crippen LogP) is 5.09. The van der Waals surface area contributed by atoms with Crippen molar-refractivity contribution in [3.8, 4) is 5.95 Å². The average Bonchev–Trinajstić information content (AvgIpc) is 2.98. The molecular formula is C21H18ClF3N4O2. The van der Waals surface area contributed by atoms with Crippen molar-refractivity contribution < 1.29 is 23.1 Å². The first-order valence-electron chi connectivity index (χ1n) is 9.74. The van der Waals surface area contributed by atoms with E-state index in [9.17, 15) is 23.1 Å². The Morgan fingerprint density at radius 3 is 2.77 bits per heavy atom. The first-order valence-corrected chi connectivity index (χ1v) is 10.1. The third kappa shape index (κ3) is 4.41. The van der Waals surface area contributed by atoms with Crippen LogP contribution in [0.5, 0.6) is 0 Å². The van der Waals surface area contributed by atoms with Gasteiger partial charge in [-0.1, -0.05) is 30.2 Å². The molecule has 0 amide bonds. The van der Waals surface area contributed by atoms with Gasteiger partial charge < -0.3 is 5.11 Å². The molecule has 2 aromatic heterocycles. The van der Waals surface area contributed by atoms with Crippen LogP contribution in [-0.2, 0) is 19.0 Å². The molecule has 31 heavy (non-hydrogen) atoms. The first kappa shape index (κ1) is 21.3. The van der Waals surface area contributed by atoms with Crippen molar-refractivity contribution in [2.75, 3.05) is 0 Å². The summed E-state index contributed by atoms with van der Waals surface area (Å²) >= 11 is 6.11. The standard InChI is InChI=1S/C21H18ClF3N4O2/c22-14-6-3-4-12(11-14)10-13-5-1-2-7-15-17(19(30)31)28-29(18(13)15)20-26-9-8-16(27-20)21(23,24)25/h3-4,6,8-9,11,13H,1-2,5,7,10H2,(H,30,31). The predicted molar refractivity (Wildman–Crippen MR) is 107 cm³/mol. The van der Waals surface area contributed by atoms with Crippen LogP contribution in [0.25, 0.3) is 5.95 Å². The van der Waals surface area contributed by atoms with Crippen LogP contribution in [-0.4, -0.2) is 30.8 Å². The van der Waals surface area contributed by atoms with E-state index >= 15 is 0 Å². The van der Waals surface area contributed by atoms with Crippen molar-refractivity contribution in [2.45, 2.75) is 44.2 Å². The smallest absolute Gasteiger partial charge is 0.433 e. The molecule has 2 heterocycles. The molecule has 0 radical (unpaired) electrons. The fourth-order valence-electron chi connectivity index (χ4n) is 4.04. The summed E-state index contributed by atoms with van der Waals surface area (Å²) in [6.45, 7) is 0. The number of alkyl halides is 3. The second-order valence-electron chi connectivity index (χ2n) is 7.45. The average molecular weight is 451 g/mol. The number of aromatic carboxylic acids is 1. The minimum Gasteiger partial charge on any atom is -0.476 e. The molecule has 162 valence electrons. The largest absolute Gasteiger partial charge is 0.476 e. The normalized spacial score (nSPS) is 16.6. The molecule has 1 aliphatic rings. The molecule has 4 rings (SSSR count). The minimum atomic E-state index is -4.66. The van der Waals surface area contributed by atoms with Crippen molar-refractivity contribution in [1.29, 1.82) is 0 Å². The molecule has 0 fully saturated rings. The van der Waals surface area contributed by atoms with Crippen molar-refractivity contribution >= 4 is 17.6 Å². The maximum Gasteiger partial charge on any atom is 0.433 e. The number of fused-ring (bicyclic) bond motifs is 1. The molecule has 0 aliphatic heterocycles. The number of nitrogens with zero attached hydrogens (tertiary/aromatic N) is 4. The summed E-state index contributed by atoms with van der Waals surface area (Å²) in [7, 11) is 0. The maximum absolute atomic E-state index is 13.2. The van der Waals surface area contributed by atoms with Crippen molar-refractivity contribution in [3.05, 3.63) is 69.8 Å². The summed E-state index contributed by atoms with van der Waals surface area (Å²) in [5.74, 6) is -1.70. The van der Waals surface area contributed by atoms with Crippen LogP contribution in [0.3, 0.4) is 0 Å². The summed E-state index contributed by atoms with van der Waals surface area (Å²) in [4.78, 5) is 19.4. The molecule has 1 N–H and O–H groups in total. The van der Waals surface area contributed by atoms with E-state index < -0.39 is 17.8 Å². The summed E-state index contributed by atoms with van der Waals surface area (Å²) < 4.78 is 40.8. The maximum atomic E-state index is 13.2. The van der Waals surface area contributed by atoms with E-state index in [0.717, 1.165) is 37.1 Å². The number of carboxylic acids is 1. The van der Waals surface area contributed by atoms with E-state index in [-0.39, 0.29) is 17.6 Å². The van der Waals surface area contributed by atoms with Gasteiger partial charge >= 0.3 is 12.1 Å². The van der Waals surface area contributed by atoms with E-state index in [4.69, 9.17) is 11.6 Å². The highest BCUT2D eigenvalue weighted by atomic mass is 35.5. The molecule has 1 unspecified atom stereocenters. The van der Waals surface area contributed by atoms with Gasteiger partial charge in [0.1, 0.15) is 5.69 Å².